The molecule has 1 aliphatic rings. The molecule has 5 heteroatoms. The number of hydrogen-bond donors (Lipinski definition) is 2. The number of rotatable bonds is 5. The lowest BCUT2D eigenvalue weighted by atomic mass is 10.1. The first-order chi connectivity index (χ1) is 9.06. The van der Waals surface area contributed by atoms with Gasteiger partial charge in [-0.1, -0.05) is 13.0 Å². The maximum Gasteiger partial charge on any atom is 0.303 e. The van der Waals surface area contributed by atoms with Crippen molar-refractivity contribution in [2.24, 2.45) is 5.92 Å². The molecule has 1 aliphatic heterocycles. The van der Waals surface area contributed by atoms with Crippen LogP contribution in [0.4, 0.5) is 0 Å². The normalized spacial score (nSPS) is 14.8. The molecule has 0 spiro atoms. The van der Waals surface area contributed by atoms with Crippen molar-refractivity contribution in [1.82, 2.24) is 5.32 Å². The monoisotopic (exact) mass is 263 g/mol. The lowest BCUT2D eigenvalue weighted by Crippen LogP contribution is -2.29. The molecule has 2 rings (SSSR count). The summed E-state index contributed by atoms with van der Waals surface area (Å²) < 4.78 is 5.29. The number of fused-ring (bicyclic) bond motifs is 1. The van der Waals surface area contributed by atoms with Gasteiger partial charge in [0.1, 0.15) is 0 Å². The predicted octanol–water partition coefficient (Wildman–Crippen LogP) is 1.56. The van der Waals surface area contributed by atoms with Gasteiger partial charge < -0.3 is 15.2 Å². The predicted molar refractivity (Wildman–Crippen MR) is 68.7 cm³/mol. The quantitative estimate of drug-likeness (QED) is 0.845. The smallest absolute Gasteiger partial charge is 0.303 e. The van der Waals surface area contributed by atoms with Crippen molar-refractivity contribution >= 4 is 11.9 Å². The topological polar surface area (TPSA) is 75.6 Å². The molecular weight excluding hydrogens is 246 g/mol. The highest BCUT2D eigenvalue weighted by Gasteiger charge is 2.15. The van der Waals surface area contributed by atoms with Crippen LogP contribution in [0.15, 0.2) is 18.2 Å². The Bertz CT molecular complexity index is 498. The van der Waals surface area contributed by atoms with Gasteiger partial charge in [-0.2, -0.15) is 0 Å². The summed E-state index contributed by atoms with van der Waals surface area (Å²) in [5.74, 6) is -1.11. The molecule has 0 aliphatic carbocycles. The number of nitrogens with one attached hydrogen (secondary N) is 1. The Kier molecular flexibility index (Phi) is 4.16. The third-order valence-corrected chi connectivity index (χ3v) is 3.12. The Morgan fingerprint density at radius 1 is 1.37 bits per heavy atom. The van der Waals surface area contributed by atoms with E-state index in [1.54, 1.807) is 13.0 Å². The Labute approximate surface area is 111 Å². The molecule has 0 saturated heterocycles. The molecule has 1 amide bonds. The second-order valence-corrected chi connectivity index (χ2v) is 4.89. The van der Waals surface area contributed by atoms with E-state index in [-0.39, 0.29) is 18.2 Å². The summed E-state index contributed by atoms with van der Waals surface area (Å²) in [6, 6.07) is 5.50. The third kappa shape index (κ3) is 3.54. The average molecular weight is 263 g/mol. The second-order valence-electron chi connectivity index (χ2n) is 4.89. The van der Waals surface area contributed by atoms with Crippen LogP contribution in [0.1, 0.15) is 34.8 Å². The first kappa shape index (κ1) is 13.5. The molecule has 19 heavy (non-hydrogen) atoms. The lowest BCUT2D eigenvalue weighted by molar-refractivity contribution is -0.137. The zero-order valence-electron chi connectivity index (χ0n) is 10.8. The van der Waals surface area contributed by atoms with Gasteiger partial charge in [-0.15, -0.1) is 0 Å². The number of benzene rings is 1. The van der Waals surface area contributed by atoms with Gasteiger partial charge in [-0.25, -0.2) is 0 Å². The molecule has 1 aromatic rings. The summed E-state index contributed by atoms with van der Waals surface area (Å²) in [4.78, 5) is 22.5. The van der Waals surface area contributed by atoms with Gasteiger partial charge in [0.05, 0.1) is 13.2 Å². The van der Waals surface area contributed by atoms with Crippen LogP contribution < -0.4 is 5.32 Å². The summed E-state index contributed by atoms with van der Waals surface area (Å²) >= 11 is 0. The molecule has 1 unspecified atom stereocenters. The minimum Gasteiger partial charge on any atom is -0.481 e. The fraction of sp³-hybridized carbons (Fsp3) is 0.429. The van der Waals surface area contributed by atoms with Gasteiger partial charge in [-0.05, 0) is 29.2 Å². The molecule has 5 nitrogen and oxygen atoms in total. The Morgan fingerprint density at radius 3 is 2.84 bits per heavy atom. The van der Waals surface area contributed by atoms with Gasteiger partial charge in [0, 0.05) is 18.5 Å². The molecule has 0 saturated carbocycles. The van der Waals surface area contributed by atoms with E-state index in [0.717, 1.165) is 11.1 Å². The minimum atomic E-state index is -0.851. The molecule has 0 aromatic heterocycles. The van der Waals surface area contributed by atoms with Crippen molar-refractivity contribution in [3.8, 4) is 0 Å². The zero-order valence-corrected chi connectivity index (χ0v) is 10.8. The summed E-state index contributed by atoms with van der Waals surface area (Å²) in [5, 5.41) is 11.4. The van der Waals surface area contributed by atoms with Crippen molar-refractivity contribution in [3.63, 3.8) is 0 Å². The van der Waals surface area contributed by atoms with E-state index in [1.165, 1.54) is 0 Å². The number of carboxylic acid groups (broad SMARTS) is 1. The largest absolute Gasteiger partial charge is 0.481 e. The molecule has 0 fully saturated rings. The number of amides is 1. The van der Waals surface area contributed by atoms with Crippen LogP contribution in [0.2, 0.25) is 0 Å². The van der Waals surface area contributed by atoms with Crippen LogP contribution in [-0.2, 0) is 22.7 Å². The highest BCUT2D eigenvalue weighted by atomic mass is 16.5. The SMILES string of the molecule is CC(CNC(=O)c1ccc2c(c1)COC2)CC(=O)O. The van der Waals surface area contributed by atoms with Crippen molar-refractivity contribution in [1.29, 1.82) is 0 Å². The first-order valence-electron chi connectivity index (χ1n) is 6.26. The summed E-state index contributed by atoms with van der Waals surface area (Å²) in [7, 11) is 0. The third-order valence-electron chi connectivity index (χ3n) is 3.12. The van der Waals surface area contributed by atoms with Crippen LogP contribution >= 0.6 is 0 Å². The van der Waals surface area contributed by atoms with Crippen LogP contribution in [0, 0.1) is 5.92 Å². The maximum absolute atomic E-state index is 11.9. The van der Waals surface area contributed by atoms with Crippen LogP contribution in [0.3, 0.4) is 0 Å². The summed E-state index contributed by atoms with van der Waals surface area (Å²) in [6.45, 7) is 3.31. The van der Waals surface area contributed by atoms with E-state index in [4.69, 9.17) is 9.84 Å². The first-order valence-corrected chi connectivity index (χ1v) is 6.26. The molecule has 2 N–H and O–H groups in total. The number of hydrogen-bond acceptors (Lipinski definition) is 3. The molecule has 1 heterocycles. The van der Waals surface area contributed by atoms with Gasteiger partial charge >= 0.3 is 5.97 Å². The number of ether oxygens (including phenoxy) is 1. The highest BCUT2D eigenvalue weighted by molar-refractivity contribution is 5.94. The molecule has 1 atom stereocenters. The number of carbonyl (C=O) groups is 2. The Hall–Kier alpha value is -1.88. The lowest BCUT2D eigenvalue weighted by Gasteiger charge is -2.10. The summed E-state index contributed by atoms with van der Waals surface area (Å²) in [5.41, 5.74) is 2.76. The molecule has 102 valence electrons. The van der Waals surface area contributed by atoms with E-state index >= 15 is 0 Å². The average Bonchev–Trinajstić information content (AvgIpc) is 2.82. The van der Waals surface area contributed by atoms with E-state index in [0.29, 0.717) is 25.3 Å². The number of carbonyl (C=O) groups excluding carboxylic acids is 1. The fourth-order valence-corrected chi connectivity index (χ4v) is 2.05. The van der Waals surface area contributed by atoms with E-state index in [2.05, 4.69) is 5.32 Å². The van der Waals surface area contributed by atoms with Crippen molar-refractivity contribution < 1.29 is 19.4 Å². The van der Waals surface area contributed by atoms with Gasteiger partial charge in [0.25, 0.3) is 5.91 Å². The minimum absolute atomic E-state index is 0.0539. The van der Waals surface area contributed by atoms with Gasteiger partial charge in [0.15, 0.2) is 0 Å². The fourth-order valence-electron chi connectivity index (χ4n) is 2.05. The van der Waals surface area contributed by atoms with E-state index < -0.39 is 5.97 Å². The molecule has 0 bridgehead atoms. The molecule has 0 radical (unpaired) electrons. The van der Waals surface area contributed by atoms with Crippen LogP contribution in [0.5, 0.6) is 0 Å². The van der Waals surface area contributed by atoms with Crippen molar-refractivity contribution in [2.45, 2.75) is 26.6 Å². The second kappa shape index (κ2) is 5.84. The number of carboxylic acids is 1. The van der Waals surface area contributed by atoms with Crippen molar-refractivity contribution in [3.05, 3.63) is 34.9 Å². The Balaban J connectivity index is 1.91. The highest BCUT2D eigenvalue weighted by Crippen LogP contribution is 2.20. The van der Waals surface area contributed by atoms with Gasteiger partial charge in [-0.3, -0.25) is 9.59 Å². The Morgan fingerprint density at radius 2 is 2.11 bits per heavy atom. The standard InChI is InChI=1S/C14H17NO4/c1-9(4-13(16)17)6-15-14(18)10-2-3-11-7-19-8-12(11)5-10/h2-3,5,9H,4,6-8H2,1H3,(H,15,18)(H,16,17). The van der Waals surface area contributed by atoms with Crippen LogP contribution in [0.25, 0.3) is 0 Å². The summed E-state index contributed by atoms with van der Waals surface area (Å²) in [6.07, 6.45) is 0.0539. The zero-order chi connectivity index (χ0) is 13.8. The van der Waals surface area contributed by atoms with E-state index in [9.17, 15) is 9.59 Å². The van der Waals surface area contributed by atoms with Crippen LogP contribution in [-0.4, -0.2) is 23.5 Å². The van der Waals surface area contributed by atoms with Gasteiger partial charge in [0.2, 0.25) is 0 Å². The molecular formula is C14H17NO4. The molecule has 1 aromatic carbocycles. The number of aliphatic carboxylic acids is 1. The van der Waals surface area contributed by atoms with E-state index in [1.807, 2.05) is 12.1 Å². The maximum atomic E-state index is 11.9. The van der Waals surface area contributed by atoms with Crippen molar-refractivity contribution in [2.75, 3.05) is 6.54 Å².